The van der Waals surface area contributed by atoms with Crippen LogP contribution in [0.1, 0.15) is 36.8 Å². The van der Waals surface area contributed by atoms with Gasteiger partial charge in [-0.05, 0) is 48.9 Å². The molecule has 52 heavy (non-hydrogen) atoms. The minimum atomic E-state index is -1.55. The summed E-state index contributed by atoms with van der Waals surface area (Å²) in [5, 5.41) is 39.0. The summed E-state index contributed by atoms with van der Waals surface area (Å²) in [7, 11) is 0. The highest BCUT2D eigenvalue weighted by molar-refractivity contribution is 7.80. The summed E-state index contributed by atoms with van der Waals surface area (Å²) in [5.41, 5.74) is 12.6. The molecule has 1 heterocycles. The quantitative estimate of drug-likeness (QED) is 0.0684. The van der Waals surface area contributed by atoms with E-state index in [4.69, 9.17) is 11.5 Å². The number of thiol groups is 1. The summed E-state index contributed by atoms with van der Waals surface area (Å²) in [6.45, 7) is -0.808. The highest BCUT2D eigenvalue weighted by atomic mass is 32.1. The summed E-state index contributed by atoms with van der Waals surface area (Å²) < 4.78 is 0. The van der Waals surface area contributed by atoms with E-state index in [9.17, 15) is 48.9 Å². The van der Waals surface area contributed by atoms with Gasteiger partial charge in [-0.15, -0.1) is 0 Å². The molecule has 2 aromatic rings. The van der Waals surface area contributed by atoms with Crippen LogP contribution in [0.25, 0.3) is 0 Å². The fourth-order valence-corrected chi connectivity index (χ4v) is 5.81. The first kappa shape index (κ1) is 41.2. The fourth-order valence-electron chi connectivity index (χ4n) is 5.56. The second-order valence-corrected chi connectivity index (χ2v) is 12.7. The van der Waals surface area contributed by atoms with Gasteiger partial charge in [0.25, 0.3) is 0 Å². The Morgan fingerprint density at radius 2 is 1.40 bits per heavy atom. The maximum absolute atomic E-state index is 13.6. The number of aliphatic hydroxyl groups is 1. The molecule has 3 rings (SSSR count). The van der Waals surface area contributed by atoms with Crippen LogP contribution in [0.15, 0.2) is 54.6 Å². The summed E-state index contributed by atoms with van der Waals surface area (Å²) in [4.78, 5) is 90.3. The molecule has 0 radical (unpaired) electrons. The van der Waals surface area contributed by atoms with Gasteiger partial charge in [0.15, 0.2) is 0 Å². The Hall–Kier alpha value is -5.20. The zero-order chi connectivity index (χ0) is 38.4. The lowest BCUT2D eigenvalue weighted by Crippen LogP contribution is -2.60. The van der Waals surface area contributed by atoms with Gasteiger partial charge < -0.3 is 53.0 Å². The Balaban J connectivity index is 1.69. The molecule has 0 unspecified atom stereocenters. The Labute approximate surface area is 305 Å². The lowest BCUT2D eigenvalue weighted by Gasteiger charge is -2.29. The lowest BCUT2D eigenvalue weighted by atomic mass is 10.0. The molecule has 2 aromatic carbocycles. The molecule has 18 heteroatoms. The van der Waals surface area contributed by atoms with Crippen molar-refractivity contribution in [2.24, 2.45) is 11.5 Å². The van der Waals surface area contributed by atoms with Crippen molar-refractivity contribution in [3.8, 4) is 5.75 Å². The van der Waals surface area contributed by atoms with Crippen molar-refractivity contribution in [1.29, 1.82) is 0 Å². The third-order valence-corrected chi connectivity index (χ3v) is 8.75. The van der Waals surface area contributed by atoms with E-state index in [0.29, 0.717) is 12.0 Å². The van der Waals surface area contributed by atoms with Gasteiger partial charge in [-0.3, -0.25) is 28.8 Å². The molecule has 1 saturated heterocycles. The van der Waals surface area contributed by atoms with Crippen LogP contribution >= 0.6 is 12.6 Å². The van der Waals surface area contributed by atoms with Gasteiger partial charge >= 0.3 is 5.97 Å². The number of phenols is 1. The number of hydrogen-bond acceptors (Lipinski definition) is 11. The number of phenolic OH excluding ortho intramolecular Hbond substituents is 1. The highest BCUT2D eigenvalue weighted by Crippen LogP contribution is 2.19. The smallest absolute Gasteiger partial charge is 0.326 e. The monoisotopic (exact) mass is 743 g/mol. The Kier molecular flexibility index (Phi) is 15.9. The van der Waals surface area contributed by atoms with Crippen LogP contribution in [0.4, 0.5) is 0 Å². The molecule has 0 bridgehead atoms. The number of carboxylic acid groups (broad SMARTS) is 1. The number of amides is 6. The van der Waals surface area contributed by atoms with E-state index in [1.807, 2.05) is 6.07 Å². The highest BCUT2D eigenvalue weighted by Gasteiger charge is 2.39. The molecule has 0 saturated carbocycles. The Bertz CT molecular complexity index is 1580. The van der Waals surface area contributed by atoms with Crippen LogP contribution in [-0.4, -0.2) is 117 Å². The maximum Gasteiger partial charge on any atom is 0.326 e. The largest absolute Gasteiger partial charge is 0.508 e. The first-order valence-corrected chi connectivity index (χ1v) is 17.2. The van der Waals surface area contributed by atoms with E-state index in [1.165, 1.54) is 12.1 Å². The number of aliphatic hydroxyl groups excluding tert-OH is 1. The molecular formula is C34H45N7O10S. The third kappa shape index (κ3) is 12.2. The molecule has 6 atom stereocenters. The van der Waals surface area contributed by atoms with E-state index < -0.39 is 84.3 Å². The number of nitrogens with zero attached hydrogens (tertiary/aromatic N) is 1. The number of carbonyl (C=O) groups excluding carboxylic acids is 6. The average molecular weight is 744 g/mol. The Morgan fingerprint density at radius 3 is 2.00 bits per heavy atom. The Morgan fingerprint density at radius 1 is 0.808 bits per heavy atom. The first-order valence-electron chi connectivity index (χ1n) is 16.6. The zero-order valence-electron chi connectivity index (χ0n) is 28.3. The third-order valence-electron chi connectivity index (χ3n) is 8.39. The average Bonchev–Trinajstić information content (AvgIpc) is 3.62. The summed E-state index contributed by atoms with van der Waals surface area (Å²) in [5.74, 6) is -6.35. The van der Waals surface area contributed by atoms with Gasteiger partial charge in [-0.2, -0.15) is 12.6 Å². The normalized spacial score (nSPS) is 16.8. The molecule has 0 aromatic heterocycles. The van der Waals surface area contributed by atoms with Crippen LogP contribution in [0.2, 0.25) is 0 Å². The standard InChI is InChI=1S/C34H45N7O10S/c35-22(15-19-5-2-1-3-6-19)29(45)38-24(16-20-8-10-21(43)11-9-20)30(46)40-26(18-52)31(47)39-25(17-42)33(49)41-14-4-7-27(41)32(48)37-23(34(50)51)12-13-28(36)44/h1-3,5-6,8-11,22-27,42-43,52H,4,7,12-18,35H2,(H2,36,44)(H,37,48)(H,38,45)(H,39,47)(H,40,46)(H,50,51)/t22-,23-,24-,25-,26-,27-/m0/s1. The molecule has 0 aliphatic carbocycles. The van der Waals surface area contributed by atoms with Crippen molar-refractivity contribution in [3.05, 3.63) is 65.7 Å². The number of primary amides is 1. The van der Waals surface area contributed by atoms with E-state index in [2.05, 4.69) is 33.9 Å². The number of carboxylic acids is 1. The van der Waals surface area contributed by atoms with Gasteiger partial charge in [0.2, 0.25) is 35.4 Å². The van der Waals surface area contributed by atoms with Crippen molar-refractivity contribution >= 4 is 54.0 Å². The number of hydrogen-bond donors (Lipinski definition) is 10. The van der Waals surface area contributed by atoms with Crippen LogP contribution in [0.3, 0.4) is 0 Å². The van der Waals surface area contributed by atoms with Gasteiger partial charge in [0.05, 0.1) is 12.6 Å². The van der Waals surface area contributed by atoms with Crippen molar-refractivity contribution in [2.45, 2.75) is 74.8 Å². The van der Waals surface area contributed by atoms with Crippen LogP contribution in [0, 0.1) is 0 Å². The zero-order valence-corrected chi connectivity index (χ0v) is 29.2. The molecule has 1 fully saturated rings. The fraction of sp³-hybridized carbons (Fsp3) is 0.441. The molecule has 17 nitrogen and oxygen atoms in total. The predicted octanol–water partition coefficient (Wildman–Crippen LogP) is -2.29. The molecule has 11 N–H and O–H groups in total. The van der Waals surface area contributed by atoms with Crippen molar-refractivity contribution in [1.82, 2.24) is 26.2 Å². The molecular weight excluding hydrogens is 698 g/mol. The van der Waals surface area contributed by atoms with Crippen molar-refractivity contribution < 1.29 is 48.9 Å². The minimum Gasteiger partial charge on any atom is -0.508 e. The van der Waals surface area contributed by atoms with E-state index in [1.54, 1.807) is 36.4 Å². The summed E-state index contributed by atoms with van der Waals surface area (Å²) in [6.07, 6.45) is 0.129. The van der Waals surface area contributed by atoms with E-state index in [-0.39, 0.29) is 50.2 Å². The SMILES string of the molecule is NC(=O)CC[C@H](NC(=O)[C@@H]1CCCN1C(=O)[C@H](CO)NC(=O)[C@H](CS)NC(=O)[C@H](Cc1ccc(O)cc1)NC(=O)[C@@H](N)Cc1ccccc1)C(=O)O. The number of likely N-dealkylation sites (tertiary alicyclic amines) is 1. The summed E-state index contributed by atoms with van der Waals surface area (Å²) >= 11 is 4.18. The number of benzene rings is 2. The van der Waals surface area contributed by atoms with Gasteiger partial charge in [0, 0.05) is 25.1 Å². The molecule has 6 amide bonds. The van der Waals surface area contributed by atoms with Gasteiger partial charge in [-0.25, -0.2) is 4.79 Å². The van der Waals surface area contributed by atoms with Crippen molar-refractivity contribution in [3.63, 3.8) is 0 Å². The van der Waals surface area contributed by atoms with Crippen LogP contribution in [0.5, 0.6) is 5.75 Å². The first-order chi connectivity index (χ1) is 24.7. The van der Waals surface area contributed by atoms with Gasteiger partial charge in [-0.1, -0.05) is 42.5 Å². The topological polar surface area (TPSA) is 284 Å². The number of rotatable bonds is 19. The van der Waals surface area contributed by atoms with Gasteiger partial charge in [0.1, 0.15) is 36.0 Å². The molecule has 282 valence electrons. The predicted molar refractivity (Wildman–Crippen MR) is 189 cm³/mol. The number of aromatic hydroxyl groups is 1. The number of carbonyl (C=O) groups is 7. The molecule has 1 aliphatic rings. The lowest BCUT2D eigenvalue weighted by molar-refractivity contribution is -0.145. The van der Waals surface area contributed by atoms with E-state index in [0.717, 1.165) is 10.5 Å². The van der Waals surface area contributed by atoms with E-state index >= 15 is 0 Å². The minimum absolute atomic E-state index is 0.0102. The summed E-state index contributed by atoms with van der Waals surface area (Å²) in [6, 6.07) is 7.25. The number of nitrogens with two attached hydrogens (primary N) is 2. The second kappa shape index (κ2) is 20.0. The molecule has 0 spiro atoms. The number of nitrogens with one attached hydrogen (secondary N) is 4. The van der Waals surface area contributed by atoms with Crippen molar-refractivity contribution in [2.75, 3.05) is 18.9 Å². The van der Waals surface area contributed by atoms with Crippen LogP contribution in [-0.2, 0) is 46.4 Å². The van der Waals surface area contributed by atoms with Crippen LogP contribution < -0.4 is 32.7 Å². The maximum atomic E-state index is 13.6. The number of aliphatic carboxylic acids is 1. The molecule has 1 aliphatic heterocycles. The second-order valence-electron chi connectivity index (χ2n) is 12.3.